The Kier molecular flexibility index (Phi) is 11.0. The Morgan fingerprint density at radius 1 is 1.09 bits per heavy atom. The summed E-state index contributed by atoms with van der Waals surface area (Å²) in [5.74, 6) is 0. The van der Waals surface area contributed by atoms with Crippen LogP contribution < -0.4 is 10.9 Å². The first-order valence-corrected chi connectivity index (χ1v) is 8.87. The Bertz CT molecular complexity index is 396. The molecule has 126 valence electrons. The quantitative estimate of drug-likeness (QED) is 0.462. The topological polar surface area (TPSA) is 90.0 Å². The Morgan fingerprint density at radius 3 is 1.82 bits per heavy atom. The lowest BCUT2D eigenvalue weighted by Gasteiger charge is -2.20. The lowest BCUT2D eigenvalue weighted by molar-refractivity contribution is 0.0698. The van der Waals surface area contributed by atoms with Crippen molar-refractivity contribution in [2.75, 3.05) is 32.9 Å². The van der Waals surface area contributed by atoms with E-state index in [0.29, 0.717) is 0 Å². The van der Waals surface area contributed by atoms with Gasteiger partial charge in [-0.05, 0) is 23.8 Å². The lowest BCUT2D eigenvalue weighted by atomic mass is 10.1. The van der Waals surface area contributed by atoms with E-state index >= 15 is 0 Å². The molecule has 0 amide bonds. The standard InChI is InChI=1S/C12H19NSi.C4H11NO3/c1-4-11-7-9-12(10-8-11)14-13(5-2)6-3;5-4(1-6,2-7)3-8/h4,7-10H,1,5-6,14H2,2-3H3;6-8H,1-3,5H2. The van der Waals surface area contributed by atoms with Gasteiger partial charge in [-0.3, -0.25) is 0 Å². The van der Waals surface area contributed by atoms with Crippen LogP contribution in [0.1, 0.15) is 19.4 Å². The van der Waals surface area contributed by atoms with Crippen molar-refractivity contribution in [1.29, 1.82) is 0 Å². The summed E-state index contributed by atoms with van der Waals surface area (Å²) < 4.78 is 2.54. The first-order chi connectivity index (χ1) is 10.5. The van der Waals surface area contributed by atoms with Crippen LogP contribution in [0.15, 0.2) is 30.8 Å². The van der Waals surface area contributed by atoms with Gasteiger partial charge in [-0.25, -0.2) is 0 Å². The minimum absolute atomic E-state index is 0.222. The summed E-state index contributed by atoms with van der Waals surface area (Å²) in [4.78, 5) is 0. The van der Waals surface area contributed by atoms with Gasteiger partial charge in [0.1, 0.15) is 9.68 Å². The average molecular weight is 327 g/mol. The molecule has 0 aliphatic heterocycles. The average Bonchev–Trinajstić information content (AvgIpc) is 2.60. The predicted molar refractivity (Wildman–Crippen MR) is 95.8 cm³/mol. The largest absolute Gasteiger partial charge is 0.394 e. The van der Waals surface area contributed by atoms with Crippen molar-refractivity contribution >= 4 is 20.9 Å². The number of hydrogen-bond donors (Lipinski definition) is 4. The lowest BCUT2D eigenvalue weighted by Crippen LogP contribution is -2.50. The number of hydrogen-bond acceptors (Lipinski definition) is 5. The second kappa shape index (κ2) is 11.5. The highest BCUT2D eigenvalue weighted by Gasteiger charge is 2.20. The first-order valence-electron chi connectivity index (χ1n) is 7.53. The summed E-state index contributed by atoms with van der Waals surface area (Å²) in [6.45, 7) is 9.35. The normalized spacial score (nSPS) is 11.6. The van der Waals surface area contributed by atoms with E-state index in [1.165, 1.54) is 23.8 Å². The van der Waals surface area contributed by atoms with Crippen molar-refractivity contribution in [2.24, 2.45) is 5.73 Å². The maximum absolute atomic E-state index is 8.34. The van der Waals surface area contributed by atoms with Gasteiger partial charge >= 0.3 is 0 Å². The van der Waals surface area contributed by atoms with Crippen molar-refractivity contribution in [3.8, 4) is 0 Å². The zero-order chi connectivity index (χ0) is 17.0. The van der Waals surface area contributed by atoms with Crippen molar-refractivity contribution in [1.82, 2.24) is 4.57 Å². The molecule has 0 radical (unpaired) electrons. The molecule has 0 bridgehead atoms. The van der Waals surface area contributed by atoms with Crippen LogP contribution in [0.2, 0.25) is 0 Å². The molecular formula is C16H30N2O3Si. The van der Waals surface area contributed by atoms with E-state index in [0.717, 1.165) is 0 Å². The van der Waals surface area contributed by atoms with E-state index in [2.05, 4.69) is 49.3 Å². The van der Waals surface area contributed by atoms with E-state index in [1.54, 1.807) is 0 Å². The highest BCUT2D eigenvalue weighted by Crippen LogP contribution is 1.97. The third-order valence-electron chi connectivity index (χ3n) is 3.46. The number of benzene rings is 1. The van der Waals surface area contributed by atoms with Crippen LogP contribution in [0.25, 0.3) is 6.08 Å². The van der Waals surface area contributed by atoms with Crippen molar-refractivity contribution in [3.05, 3.63) is 36.4 Å². The van der Waals surface area contributed by atoms with E-state index in [1.807, 2.05) is 6.08 Å². The molecule has 0 saturated heterocycles. The summed E-state index contributed by atoms with van der Waals surface area (Å²) >= 11 is 0. The summed E-state index contributed by atoms with van der Waals surface area (Å²) in [6, 6.07) is 8.78. The third kappa shape index (κ3) is 7.84. The van der Waals surface area contributed by atoms with E-state index in [4.69, 9.17) is 21.1 Å². The van der Waals surface area contributed by atoms with Gasteiger partial charge in [0.15, 0.2) is 0 Å². The second-order valence-electron chi connectivity index (χ2n) is 5.24. The number of nitrogens with two attached hydrogens (primary N) is 1. The van der Waals surface area contributed by atoms with Gasteiger partial charge in [-0.2, -0.15) is 0 Å². The fourth-order valence-electron chi connectivity index (χ4n) is 1.61. The molecule has 6 heteroatoms. The Morgan fingerprint density at radius 2 is 1.55 bits per heavy atom. The number of aliphatic hydroxyl groups is 3. The zero-order valence-electron chi connectivity index (χ0n) is 13.7. The van der Waals surface area contributed by atoms with Crippen LogP contribution >= 0.6 is 0 Å². The molecule has 0 fully saturated rings. The molecule has 1 rings (SSSR count). The molecular weight excluding hydrogens is 296 g/mol. The third-order valence-corrected chi connectivity index (χ3v) is 5.64. The Hall–Kier alpha value is -1.02. The van der Waals surface area contributed by atoms with Gasteiger partial charge in [0.2, 0.25) is 0 Å². The number of rotatable bonds is 8. The van der Waals surface area contributed by atoms with Gasteiger partial charge in [0.05, 0.1) is 25.4 Å². The van der Waals surface area contributed by atoms with E-state index in [-0.39, 0.29) is 9.68 Å². The highest BCUT2D eigenvalue weighted by molar-refractivity contribution is 6.50. The monoisotopic (exact) mass is 326 g/mol. The summed E-state index contributed by atoms with van der Waals surface area (Å²) in [7, 11) is -0.222. The maximum atomic E-state index is 8.34. The molecule has 0 spiro atoms. The number of aliphatic hydroxyl groups excluding tert-OH is 3. The molecule has 5 nitrogen and oxygen atoms in total. The summed E-state index contributed by atoms with van der Waals surface area (Å²) in [5, 5.41) is 26.5. The van der Waals surface area contributed by atoms with Gasteiger partial charge in [0.25, 0.3) is 0 Å². The van der Waals surface area contributed by atoms with Crippen LogP contribution in [0.5, 0.6) is 0 Å². The molecule has 0 saturated carbocycles. The van der Waals surface area contributed by atoms with E-state index in [9.17, 15) is 0 Å². The molecule has 0 aromatic heterocycles. The van der Waals surface area contributed by atoms with Crippen molar-refractivity contribution < 1.29 is 15.3 Å². The predicted octanol–water partition coefficient (Wildman–Crippen LogP) is -0.959. The fraction of sp³-hybridized carbons (Fsp3) is 0.500. The van der Waals surface area contributed by atoms with Crippen LogP contribution in [0.4, 0.5) is 0 Å². The van der Waals surface area contributed by atoms with Gasteiger partial charge in [-0.1, -0.05) is 50.8 Å². The molecule has 0 atom stereocenters. The Balaban J connectivity index is 0.000000472. The van der Waals surface area contributed by atoms with E-state index < -0.39 is 25.4 Å². The number of nitrogens with zero attached hydrogens (tertiary/aromatic N) is 1. The summed E-state index contributed by atoms with van der Waals surface area (Å²) in [6.07, 6.45) is 1.89. The maximum Gasteiger partial charge on any atom is 0.127 e. The first kappa shape index (κ1) is 21.0. The molecule has 0 unspecified atom stereocenters. The van der Waals surface area contributed by atoms with Crippen LogP contribution in [-0.4, -0.2) is 68.0 Å². The molecule has 1 aromatic rings. The van der Waals surface area contributed by atoms with Gasteiger partial charge in [0, 0.05) is 0 Å². The minimum Gasteiger partial charge on any atom is -0.394 e. The minimum atomic E-state index is -1.21. The molecule has 0 aliphatic carbocycles. The molecule has 5 N–H and O–H groups in total. The van der Waals surface area contributed by atoms with Crippen LogP contribution in [0, 0.1) is 0 Å². The smallest absolute Gasteiger partial charge is 0.127 e. The molecule has 1 aromatic carbocycles. The fourth-order valence-corrected chi connectivity index (χ4v) is 3.02. The molecule has 0 heterocycles. The summed E-state index contributed by atoms with van der Waals surface area (Å²) in [5.41, 5.74) is 5.15. The van der Waals surface area contributed by atoms with Crippen LogP contribution in [0.3, 0.4) is 0 Å². The zero-order valence-corrected chi connectivity index (χ0v) is 15.1. The van der Waals surface area contributed by atoms with Crippen LogP contribution in [-0.2, 0) is 0 Å². The Labute approximate surface area is 136 Å². The highest BCUT2D eigenvalue weighted by atomic mass is 28.2. The molecule has 22 heavy (non-hydrogen) atoms. The SMILES string of the molecule is C=Cc1ccc([SiH2]N(CC)CC)cc1.NC(CO)(CO)CO. The van der Waals surface area contributed by atoms with Crippen molar-refractivity contribution in [3.63, 3.8) is 0 Å². The van der Waals surface area contributed by atoms with Crippen molar-refractivity contribution in [2.45, 2.75) is 19.4 Å². The van der Waals surface area contributed by atoms with Gasteiger partial charge < -0.3 is 25.6 Å². The molecule has 0 aliphatic rings. The second-order valence-corrected chi connectivity index (χ2v) is 7.27. The van der Waals surface area contributed by atoms with Gasteiger partial charge in [-0.15, -0.1) is 0 Å².